The molecule has 0 aromatic rings. The average Bonchev–Trinajstić information content (AvgIpc) is 2.46. The summed E-state index contributed by atoms with van der Waals surface area (Å²) in [5.74, 6) is 1.96. The van der Waals surface area contributed by atoms with Crippen LogP contribution in [-0.4, -0.2) is 37.1 Å². The highest BCUT2D eigenvalue weighted by molar-refractivity contribution is 4.77. The van der Waals surface area contributed by atoms with Crippen LogP contribution in [0.5, 0.6) is 0 Å². The van der Waals surface area contributed by atoms with Gasteiger partial charge in [-0.1, -0.05) is 33.1 Å². The van der Waals surface area contributed by atoms with E-state index in [1.165, 1.54) is 77.5 Å². The van der Waals surface area contributed by atoms with Crippen molar-refractivity contribution in [2.75, 3.05) is 26.2 Å². The number of hydrogen-bond donors (Lipinski definition) is 1. The molecule has 2 unspecified atom stereocenters. The number of likely N-dealkylation sites (tertiary alicyclic amines) is 1. The first kappa shape index (κ1) is 15.3. The zero-order valence-corrected chi connectivity index (χ0v) is 13.2. The van der Waals surface area contributed by atoms with Gasteiger partial charge in [-0.2, -0.15) is 0 Å². The van der Waals surface area contributed by atoms with Gasteiger partial charge in [-0.3, -0.25) is 0 Å². The standard InChI is InChI=1S/C17H34N2/c1-3-16-6-4-7-17(14-16)18-10-5-11-19-12-8-15(2)9-13-19/h15-18H,3-14H2,1-2H3. The van der Waals surface area contributed by atoms with Crippen molar-refractivity contribution in [3.05, 3.63) is 0 Å². The van der Waals surface area contributed by atoms with Crippen molar-refractivity contribution < 1.29 is 0 Å². The Kier molecular flexibility index (Phi) is 6.66. The van der Waals surface area contributed by atoms with Crippen LogP contribution in [0, 0.1) is 11.8 Å². The molecule has 1 saturated carbocycles. The second kappa shape index (κ2) is 8.26. The van der Waals surface area contributed by atoms with E-state index in [0.29, 0.717) is 0 Å². The van der Waals surface area contributed by atoms with Gasteiger partial charge in [-0.25, -0.2) is 0 Å². The van der Waals surface area contributed by atoms with Gasteiger partial charge in [0.15, 0.2) is 0 Å². The van der Waals surface area contributed by atoms with Gasteiger partial charge in [0.25, 0.3) is 0 Å². The number of hydrogen-bond acceptors (Lipinski definition) is 2. The average molecular weight is 266 g/mol. The van der Waals surface area contributed by atoms with E-state index < -0.39 is 0 Å². The van der Waals surface area contributed by atoms with Crippen LogP contribution in [-0.2, 0) is 0 Å². The lowest BCUT2D eigenvalue weighted by Gasteiger charge is -2.31. The Hall–Kier alpha value is -0.0800. The summed E-state index contributed by atoms with van der Waals surface area (Å²) < 4.78 is 0. The van der Waals surface area contributed by atoms with Gasteiger partial charge in [-0.05, 0) is 70.1 Å². The van der Waals surface area contributed by atoms with Crippen molar-refractivity contribution >= 4 is 0 Å². The summed E-state index contributed by atoms with van der Waals surface area (Å²) >= 11 is 0. The quantitative estimate of drug-likeness (QED) is 0.738. The number of nitrogens with one attached hydrogen (secondary N) is 1. The molecule has 19 heavy (non-hydrogen) atoms. The Morgan fingerprint density at radius 3 is 2.63 bits per heavy atom. The molecule has 112 valence electrons. The molecule has 0 aromatic heterocycles. The van der Waals surface area contributed by atoms with E-state index >= 15 is 0 Å². The summed E-state index contributed by atoms with van der Waals surface area (Å²) in [6, 6.07) is 0.820. The molecule has 2 nitrogen and oxygen atoms in total. The zero-order chi connectivity index (χ0) is 13.5. The van der Waals surface area contributed by atoms with Crippen LogP contribution in [0.1, 0.15) is 65.2 Å². The summed E-state index contributed by atoms with van der Waals surface area (Å²) in [6.45, 7) is 9.96. The van der Waals surface area contributed by atoms with Crippen molar-refractivity contribution in [1.82, 2.24) is 10.2 Å². The molecular formula is C17H34N2. The van der Waals surface area contributed by atoms with Crippen LogP contribution < -0.4 is 5.32 Å². The Labute approximate surface area is 120 Å². The van der Waals surface area contributed by atoms with Gasteiger partial charge < -0.3 is 10.2 Å². The van der Waals surface area contributed by atoms with Crippen molar-refractivity contribution in [2.45, 2.75) is 71.3 Å². The molecule has 0 spiro atoms. The first-order valence-electron chi connectivity index (χ1n) is 8.73. The molecule has 1 saturated heterocycles. The Morgan fingerprint density at radius 2 is 1.89 bits per heavy atom. The Bertz CT molecular complexity index is 233. The molecule has 0 radical (unpaired) electrons. The minimum absolute atomic E-state index is 0.820. The van der Waals surface area contributed by atoms with Crippen LogP contribution in [0.3, 0.4) is 0 Å². The maximum atomic E-state index is 3.81. The fourth-order valence-electron chi connectivity index (χ4n) is 3.74. The molecule has 0 bridgehead atoms. The van der Waals surface area contributed by atoms with E-state index in [-0.39, 0.29) is 0 Å². The maximum Gasteiger partial charge on any atom is 0.00697 e. The van der Waals surface area contributed by atoms with Gasteiger partial charge in [0.2, 0.25) is 0 Å². The lowest BCUT2D eigenvalue weighted by molar-refractivity contribution is 0.188. The van der Waals surface area contributed by atoms with Gasteiger partial charge >= 0.3 is 0 Å². The molecule has 2 heteroatoms. The van der Waals surface area contributed by atoms with E-state index in [9.17, 15) is 0 Å². The van der Waals surface area contributed by atoms with E-state index in [0.717, 1.165) is 17.9 Å². The van der Waals surface area contributed by atoms with Crippen molar-refractivity contribution in [1.29, 1.82) is 0 Å². The summed E-state index contributed by atoms with van der Waals surface area (Å²) in [5.41, 5.74) is 0. The van der Waals surface area contributed by atoms with Crippen LogP contribution in [0.15, 0.2) is 0 Å². The molecule has 2 fully saturated rings. The highest BCUT2D eigenvalue weighted by atomic mass is 15.1. The summed E-state index contributed by atoms with van der Waals surface area (Å²) in [5, 5.41) is 3.81. The minimum Gasteiger partial charge on any atom is -0.314 e. The maximum absolute atomic E-state index is 3.81. The van der Waals surface area contributed by atoms with Crippen LogP contribution in [0.2, 0.25) is 0 Å². The van der Waals surface area contributed by atoms with E-state index in [1.54, 1.807) is 0 Å². The Balaban J connectivity index is 1.52. The lowest BCUT2D eigenvalue weighted by Crippen LogP contribution is -2.38. The molecule has 2 rings (SSSR count). The summed E-state index contributed by atoms with van der Waals surface area (Å²) in [6.07, 6.45) is 11.3. The third-order valence-electron chi connectivity index (χ3n) is 5.32. The third kappa shape index (κ3) is 5.43. The Morgan fingerprint density at radius 1 is 1.11 bits per heavy atom. The summed E-state index contributed by atoms with van der Waals surface area (Å²) in [7, 11) is 0. The highest BCUT2D eigenvalue weighted by Gasteiger charge is 2.20. The SMILES string of the molecule is CCC1CCCC(NCCCN2CCC(C)CC2)C1. The zero-order valence-electron chi connectivity index (χ0n) is 13.2. The van der Waals surface area contributed by atoms with Crippen LogP contribution in [0.25, 0.3) is 0 Å². The lowest BCUT2D eigenvalue weighted by atomic mass is 9.84. The molecule has 1 heterocycles. The normalized spacial score (nSPS) is 30.6. The number of rotatable bonds is 6. The fraction of sp³-hybridized carbons (Fsp3) is 1.00. The number of nitrogens with zero attached hydrogens (tertiary/aromatic N) is 1. The summed E-state index contributed by atoms with van der Waals surface area (Å²) in [4.78, 5) is 2.66. The molecular weight excluding hydrogens is 232 g/mol. The fourth-order valence-corrected chi connectivity index (χ4v) is 3.74. The van der Waals surface area contributed by atoms with E-state index in [4.69, 9.17) is 0 Å². The second-order valence-electron chi connectivity index (χ2n) is 6.97. The second-order valence-corrected chi connectivity index (χ2v) is 6.97. The molecule has 1 aliphatic heterocycles. The topological polar surface area (TPSA) is 15.3 Å². The predicted molar refractivity (Wildman–Crippen MR) is 83.5 cm³/mol. The molecule has 2 atom stereocenters. The predicted octanol–water partition coefficient (Wildman–Crippen LogP) is 3.67. The van der Waals surface area contributed by atoms with Gasteiger partial charge in [0.05, 0.1) is 0 Å². The molecule has 1 N–H and O–H groups in total. The molecule has 0 amide bonds. The molecule has 2 aliphatic rings. The van der Waals surface area contributed by atoms with Crippen molar-refractivity contribution in [3.63, 3.8) is 0 Å². The molecule has 0 aromatic carbocycles. The van der Waals surface area contributed by atoms with Gasteiger partial charge in [-0.15, -0.1) is 0 Å². The van der Waals surface area contributed by atoms with Crippen LogP contribution in [0.4, 0.5) is 0 Å². The third-order valence-corrected chi connectivity index (χ3v) is 5.32. The monoisotopic (exact) mass is 266 g/mol. The van der Waals surface area contributed by atoms with Gasteiger partial charge in [0.1, 0.15) is 0 Å². The first-order chi connectivity index (χ1) is 9.28. The minimum atomic E-state index is 0.820. The smallest absolute Gasteiger partial charge is 0.00697 e. The highest BCUT2D eigenvalue weighted by Crippen LogP contribution is 2.26. The molecule has 1 aliphatic carbocycles. The van der Waals surface area contributed by atoms with E-state index in [1.807, 2.05) is 0 Å². The van der Waals surface area contributed by atoms with Crippen molar-refractivity contribution in [3.8, 4) is 0 Å². The first-order valence-corrected chi connectivity index (χ1v) is 8.73. The van der Waals surface area contributed by atoms with Gasteiger partial charge in [0, 0.05) is 6.04 Å². The number of piperidine rings is 1. The van der Waals surface area contributed by atoms with Crippen molar-refractivity contribution in [2.24, 2.45) is 11.8 Å². The van der Waals surface area contributed by atoms with Crippen LogP contribution >= 0.6 is 0 Å². The largest absolute Gasteiger partial charge is 0.314 e. The van der Waals surface area contributed by atoms with E-state index in [2.05, 4.69) is 24.1 Å².